The van der Waals surface area contributed by atoms with Crippen molar-refractivity contribution in [1.82, 2.24) is 20.4 Å². The highest BCUT2D eigenvalue weighted by atomic mass is 16.2. The molecule has 7 heteroatoms. The molecule has 0 aromatic rings. The fraction of sp³-hybridized carbons (Fsp3) is 0.842. The van der Waals surface area contributed by atoms with Gasteiger partial charge in [-0.05, 0) is 45.7 Å². The summed E-state index contributed by atoms with van der Waals surface area (Å²) in [5.74, 6) is 0.168. The molecule has 2 aliphatic rings. The molecule has 0 bridgehead atoms. The van der Waals surface area contributed by atoms with Gasteiger partial charge in [0.2, 0.25) is 5.91 Å². The number of imide groups is 1. The van der Waals surface area contributed by atoms with Crippen LogP contribution >= 0.6 is 0 Å². The normalized spacial score (nSPS) is 22.6. The first-order valence-corrected chi connectivity index (χ1v) is 9.91. The van der Waals surface area contributed by atoms with E-state index in [1.165, 1.54) is 4.90 Å². The average Bonchev–Trinajstić information content (AvgIpc) is 2.57. The number of nitrogens with zero attached hydrogens (tertiary/aromatic N) is 2. The van der Waals surface area contributed by atoms with Gasteiger partial charge in [-0.15, -0.1) is 0 Å². The van der Waals surface area contributed by atoms with Gasteiger partial charge in [-0.2, -0.15) is 0 Å². The molecule has 1 heterocycles. The molecule has 2 fully saturated rings. The maximum Gasteiger partial charge on any atom is 0.324 e. The highest BCUT2D eigenvalue weighted by Crippen LogP contribution is 2.28. The maximum atomic E-state index is 13.1. The van der Waals surface area contributed by atoms with E-state index in [1.807, 2.05) is 21.0 Å². The Morgan fingerprint density at radius 2 is 2.08 bits per heavy atom. The van der Waals surface area contributed by atoms with Crippen molar-refractivity contribution in [2.75, 3.05) is 40.3 Å². The Hall–Kier alpha value is -1.47. The number of rotatable bonds is 8. The standard InChI is InChI=1S/C19H34N4O3/c1-4-8-23(19(26)21-16-12-22(3)13-16)18(25)15(11-20-2)9-14-6-5-7-17(24)10-14/h14-16,20H,4-13H2,1-3H3,(H,21,26)/t14-,15?/m1/s1. The minimum atomic E-state index is -0.282. The molecule has 0 spiro atoms. The van der Waals surface area contributed by atoms with Crippen LogP contribution in [0, 0.1) is 11.8 Å². The van der Waals surface area contributed by atoms with Crippen LogP contribution in [-0.2, 0) is 9.59 Å². The predicted molar refractivity (Wildman–Crippen MR) is 101 cm³/mol. The van der Waals surface area contributed by atoms with E-state index in [4.69, 9.17) is 0 Å². The number of hydrogen-bond acceptors (Lipinski definition) is 5. The Labute approximate surface area is 156 Å². The molecule has 1 saturated heterocycles. The zero-order valence-corrected chi connectivity index (χ0v) is 16.4. The molecule has 1 aliphatic carbocycles. The molecule has 2 rings (SSSR count). The summed E-state index contributed by atoms with van der Waals surface area (Å²) >= 11 is 0. The van der Waals surface area contributed by atoms with Gasteiger partial charge in [-0.1, -0.05) is 6.92 Å². The molecule has 2 N–H and O–H groups in total. The monoisotopic (exact) mass is 366 g/mol. The number of urea groups is 1. The summed E-state index contributed by atoms with van der Waals surface area (Å²) in [5, 5.41) is 6.05. The van der Waals surface area contributed by atoms with Gasteiger partial charge < -0.3 is 15.5 Å². The molecule has 2 atom stereocenters. The van der Waals surface area contributed by atoms with Crippen LogP contribution in [0.4, 0.5) is 4.79 Å². The van der Waals surface area contributed by atoms with Crippen molar-refractivity contribution in [2.45, 2.75) is 51.5 Å². The molecule has 1 saturated carbocycles. The highest BCUT2D eigenvalue weighted by Gasteiger charge is 2.33. The van der Waals surface area contributed by atoms with Gasteiger partial charge in [-0.25, -0.2) is 4.79 Å². The molecule has 0 radical (unpaired) electrons. The molecule has 3 amide bonds. The first-order chi connectivity index (χ1) is 12.4. The molecule has 26 heavy (non-hydrogen) atoms. The van der Waals surface area contributed by atoms with Crippen molar-refractivity contribution in [2.24, 2.45) is 11.8 Å². The Morgan fingerprint density at radius 1 is 1.35 bits per heavy atom. The Bertz CT molecular complexity index is 505. The summed E-state index contributed by atoms with van der Waals surface area (Å²) in [7, 11) is 3.83. The molecule has 0 aromatic carbocycles. The molecule has 148 valence electrons. The second-order valence-electron chi connectivity index (χ2n) is 7.85. The van der Waals surface area contributed by atoms with Gasteiger partial charge >= 0.3 is 6.03 Å². The van der Waals surface area contributed by atoms with Crippen molar-refractivity contribution in [1.29, 1.82) is 0 Å². The van der Waals surface area contributed by atoms with E-state index >= 15 is 0 Å². The number of carbonyl (C=O) groups excluding carboxylic acids is 3. The number of ketones is 1. The Kier molecular flexibility index (Phi) is 8.03. The number of amides is 3. The van der Waals surface area contributed by atoms with Crippen LogP contribution < -0.4 is 10.6 Å². The first-order valence-electron chi connectivity index (χ1n) is 9.91. The topological polar surface area (TPSA) is 81.8 Å². The number of likely N-dealkylation sites (N-methyl/N-ethyl adjacent to an activating group) is 1. The average molecular weight is 367 g/mol. The summed E-state index contributed by atoms with van der Waals surface area (Å²) in [6.07, 6.45) is 4.55. The van der Waals surface area contributed by atoms with E-state index in [1.54, 1.807) is 0 Å². The minimum Gasteiger partial charge on any atom is -0.332 e. The quantitative estimate of drug-likeness (QED) is 0.675. The van der Waals surface area contributed by atoms with Crippen molar-refractivity contribution in [3.05, 3.63) is 0 Å². The Morgan fingerprint density at radius 3 is 2.65 bits per heavy atom. The van der Waals surface area contributed by atoms with Crippen LogP contribution in [0.25, 0.3) is 0 Å². The number of carbonyl (C=O) groups is 3. The second kappa shape index (κ2) is 10.0. The smallest absolute Gasteiger partial charge is 0.324 e. The molecule has 7 nitrogen and oxygen atoms in total. The van der Waals surface area contributed by atoms with Crippen LogP contribution in [0.3, 0.4) is 0 Å². The van der Waals surface area contributed by atoms with E-state index < -0.39 is 0 Å². The summed E-state index contributed by atoms with van der Waals surface area (Å²) < 4.78 is 0. The highest BCUT2D eigenvalue weighted by molar-refractivity contribution is 5.96. The van der Waals surface area contributed by atoms with Gasteiger partial charge in [0.25, 0.3) is 0 Å². The van der Waals surface area contributed by atoms with Gasteiger partial charge in [-0.3, -0.25) is 14.5 Å². The molecule has 0 aromatic heterocycles. The van der Waals surface area contributed by atoms with Gasteiger partial charge in [0.05, 0.1) is 12.0 Å². The largest absolute Gasteiger partial charge is 0.332 e. The van der Waals surface area contributed by atoms with Gasteiger partial charge in [0.1, 0.15) is 5.78 Å². The van der Waals surface area contributed by atoms with Crippen LogP contribution in [0.5, 0.6) is 0 Å². The fourth-order valence-corrected chi connectivity index (χ4v) is 4.03. The van der Waals surface area contributed by atoms with E-state index in [2.05, 4.69) is 15.5 Å². The summed E-state index contributed by atoms with van der Waals surface area (Å²) in [6, 6.07) is -0.158. The number of likely N-dealkylation sites (tertiary alicyclic amines) is 1. The lowest BCUT2D eigenvalue weighted by atomic mass is 9.81. The van der Waals surface area contributed by atoms with Gasteiger partial charge in [0.15, 0.2) is 0 Å². The fourth-order valence-electron chi connectivity index (χ4n) is 4.03. The van der Waals surface area contributed by atoms with Crippen molar-refractivity contribution < 1.29 is 14.4 Å². The summed E-state index contributed by atoms with van der Waals surface area (Å²) in [5.41, 5.74) is 0. The third kappa shape index (κ3) is 5.77. The number of Topliss-reactive ketones (excluding diaryl/α,β-unsaturated/α-hetero) is 1. The zero-order chi connectivity index (χ0) is 19.1. The van der Waals surface area contributed by atoms with E-state index in [0.29, 0.717) is 38.1 Å². The molecular formula is C19H34N4O3. The van der Waals surface area contributed by atoms with Crippen molar-refractivity contribution in [3.8, 4) is 0 Å². The van der Waals surface area contributed by atoms with Crippen LogP contribution in [0.1, 0.15) is 45.4 Å². The van der Waals surface area contributed by atoms with E-state index in [9.17, 15) is 14.4 Å². The predicted octanol–water partition coefficient (Wildman–Crippen LogP) is 1.23. The third-order valence-corrected chi connectivity index (χ3v) is 5.35. The van der Waals surface area contributed by atoms with Crippen LogP contribution in [-0.4, -0.2) is 73.8 Å². The zero-order valence-electron chi connectivity index (χ0n) is 16.4. The molecule has 1 aliphatic heterocycles. The van der Waals surface area contributed by atoms with Crippen LogP contribution in [0.2, 0.25) is 0 Å². The number of hydrogen-bond donors (Lipinski definition) is 2. The van der Waals surface area contributed by atoms with Crippen molar-refractivity contribution >= 4 is 17.7 Å². The Balaban J connectivity index is 1.99. The lowest BCUT2D eigenvalue weighted by Gasteiger charge is -2.38. The van der Waals surface area contributed by atoms with E-state index in [0.717, 1.165) is 32.4 Å². The van der Waals surface area contributed by atoms with Crippen LogP contribution in [0.15, 0.2) is 0 Å². The summed E-state index contributed by atoms with van der Waals surface area (Å²) in [6.45, 7) is 4.58. The SMILES string of the molecule is CCCN(C(=O)NC1CN(C)C1)C(=O)C(CNC)C[C@H]1CCCC(=O)C1. The molecular weight excluding hydrogens is 332 g/mol. The van der Waals surface area contributed by atoms with E-state index in [-0.39, 0.29) is 29.8 Å². The minimum absolute atomic E-state index is 0.121. The number of nitrogens with one attached hydrogen (secondary N) is 2. The second-order valence-corrected chi connectivity index (χ2v) is 7.85. The third-order valence-electron chi connectivity index (χ3n) is 5.35. The lowest BCUT2D eigenvalue weighted by Crippen LogP contribution is -2.61. The lowest BCUT2D eigenvalue weighted by molar-refractivity contribution is -0.133. The first kappa shape index (κ1) is 20.8. The summed E-state index contributed by atoms with van der Waals surface area (Å²) in [4.78, 5) is 41.0. The molecule has 1 unspecified atom stereocenters. The van der Waals surface area contributed by atoms with Gasteiger partial charge in [0, 0.05) is 39.0 Å². The van der Waals surface area contributed by atoms with Crippen molar-refractivity contribution in [3.63, 3.8) is 0 Å². The maximum absolute atomic E-state index is 13.1.